The van der Waals surface area contributed by atoms with Crippen LogP contribution in [0.3, 0.4) is 0 Å². The topological polar surface area (TPSA) is 91.4 Å². The molecule has 1 amide bonds. The summed E-state index contributed by atoms with van der Waals surface area (Å²) in [6.45, 7) is 7.75. The predicted molar refractivity (Wildman–Crippen MR) is 125 cm³/mol. The summed E-state index contributed by atoms with van der Waals surface area (Å²) in [5.74, 6) is -0.519. The van der Waals surface area contributed by atoms with Gasteiger partial charge in [-0.15, -0.1) is 0 Å². The Morgan fingerprint density at radius 1 is 1.24 bits per heavy atom. The zero-order chi connectivity index (χ0) is 23.0. The standard InChI is InChI=1S/C24H27FN6O2/c1-2-22(32)27-19-4-3-5-20(14-19)28-23-21(25)15-26-24(30-23)29-18-8-6-17(7-9-18)16-31-10-12-33-13-11-31/h2-3,5-9,14-15,19H,1,4,10-13,16H2,(H,27,32)(H2,26,28,29,30). The molecule has 2 aliphatic rings. The fourth-order valence-electron chi connectivity index (χ4n) is 3.60. The minimum absolute atomic E-state index is 0.0445. The van der Waals surface area contributed by atoms with Gasteiger partial charge >= 0.3 is 0 Å². The number of ether oxygens (including phenoxy) is 1. The molecule has 1 unspecified atom stereocenters. The van der Waals surface area contributed by atoms with E-state index in [4.69, 9.17) is 4.74 Å². The van der Waals surface area contributed by atoms with Crippen molar-refractivity contribution in [2.45, 2.75) is 19.0 Å². The van der Waals surface area contributed by atoms with Crippen LogP contribution in [-0.4, -0.2) is 53.1 Å². The molecule has 1 aliphatic carbocycles. The van der Waals surface area contributed by atoms with Crippen molar-refractivity contribution in [1.29, 1.82) is 0 Å². The number of anilines is 3. The van der Waals surface area contributed by atoms with Gasteiger partial charge in [0.05, 0.1) is 25.5 Å². The second-order valence-corrected chi connectivity index (χ2v) is 7.80. The fraction of sp³-hybridized carbons (Fsp3) is 0.292. The molecule has 1 aromatic carbocycles. The molecule has 8 nitrogen and oxygen atoms in total. The molecule has 1 fully saturated rings. The summed E-state index contributed by atoms with van der Waals surface area (Å²) in [6.07, 6.45) is 8.51. The van der Waals surface area contributed by atoms with E-state index in [0.717, 1.165) is 44.7 Å². The van der Waals surface area contributed by atoms with Crippen LogP contribution in [0.25, 0.3) is 0 Å². The summed E-state index contributed by atoms with van der Waals surface area (Å²) in [6, 6.07) is 7.80. The summed E-state index contributed by atoms with van der Waals surface area (Å²) in [5.41, 5.74) is 2.65. The molecule has 1 aliphatic heterocycles. The molecule has 0 spiro atoms. The van der Waals surface area contributed by atoms with Gasteiger partial charge in [-0.05, 0) is 42.3 Å². The van der Waals surface area contributed by atoms with Gasteiger partial charge in [0.1, 0.15) is 0 Å². The summed E-state index contributed by atoms with van der Waals surface area (Å²) in [4.78, 5) is 22.2. The van der Waals surface area contributed by atoms with Crippen LogP contribution in [0.4, 0.5) is 21.8 Å². The van der Waals surface area contributed by atoms with E-state index in [1.54, 1.807) is 0 Å². The van der Waals surface area contributed by atoms with E-state index < -0.39 is 5.82 Å². The van der Waals surface area contributed by atoms with Crippen molar-refractivity contribution in [3.8, 4) is 0 Å². The number of hydrogen-bond donors (Lipinski definition) is 3. The Morgan fingerprint density at radius 3 is 2.79 bits per heavy atom. The number of nitrogens with one attached hydrogen (secondary N) is 3. The van der Waals surface area contributed by atoms with Crippen molar-refractivity contribution in [2.24, 2.45) is 0 Å². The number of halogens is 1. The molecule has 33 heavy (non-hydrogen) atoms. The minimum atomic E-state index is -0.576. The third-order valence-corrected chi connectivity index (χ3v) is 5.31. The number of morpholine rings is 1. The number of nitrogens with zero attached hydrogens (tertiary/aromatic N) is 3. The average Bonchev–Trinajstić information content (AvgIpc) is 2.83. The first-order valence-electron chi connectivity index (χ1n) is 10.9. The van der Waals surface area contributed by atoms with Crippen LogP contribution < -0.4 is 16.0 Å². The molecule has 2 heterocycles. The summed E-state index contributed by atoms with van der Waals surface area (Å²) < 4.78 is 19.7. The molecule has 0 radical (unpaired) electrons. The number of carbonyl (C=O) groups excluding carboxylic acids is 1. The molecule has 1 atom stereocenters. The highest BCUT2D eigenvalue weighted by atomic mass is 19.1. The smallest absolute Gasteiger partial charge is 0.243 e. The lowest BCUT2D eigenvalue weighted by atomic mass is 10.1. The van der Waals surface area contributed by atoms with Crippen molar-refractivity contribution in [2.75, 3.05) is 36.9 Å². The zero-order valence-corrected chi connectivity index (χ0v) is 18.3. The second kappa shape index (κ2) is 10.8. The van der Waals surface area contributed by atoms with Crippen molar-refractivity contribution in [1.82, 2.24) is 20.2 Å². The van der Waals surface area contributed by atoms with Crippen molar-refractivity contribution < 1.29 is 13.9 Å². The molecule has 3 N–H and O–H groups in total. The summed E-state index contributed by atoms with van der Waals surface area (Å²) in [5, 5.41) is 8.88. The molecule has 9 heteroatoms. The van der Waals surface area contributed by atoms with E-state index in [0.29, 0.717) is 12.1 Å². The Morgan fingerprint density at radius 2 is 2.03 bits per heavy atom. The van der Waals surface area contributed by atoms with Gasteiger partial charge in [0.25, 0.3) is 0 Å². The molecule has 1 saturated heterocycles. The molecule has 4 rings (SSSR count). The van der Waals surface area contributed by atoms with Crippen LogP contribution in [0.1, 0.15) is 12.0 Å². The SMILES string of the molecule is C=CC(=O)NC1C=C(Nc2nc(Nc3ccc(CN4CCOCC4)cc3)ncc2F)C=CC1. The minimum Gasteiger partial charge on any atom is -0.379 e. The molecule has 0 bridgehead atoms. The van der Waals surface area contributed by atoms with E-state index in [2.05, 4.69) is 49.5 Å². The molecule has 2 aromatic rings. The van der Waals surface area contributed by atoms with E-state index in [9.17, 15) is 9.18 Å². The lowest BCUT2D eigenvalue weighted by Gasteiger charge is -2.26. The third kappa shape index (κ3) is 6.47. The zero-order valence-electron chi connectivity index (χ0n) is 18.3. The summed E-state index contributed by atoms with van der Waals surface area (Å²) in [7, 11) is 0. The van der Waals surface area contributed by atoms with Gasteiger partial charge in [-0.2, -0.15) is 4.98 Å². The molecule has 172 valence electrons. The predicted octanol–water partition coefficient (Wildman–Crippen LogP) is 3.12. The first-order chi connectivity index (χ1) is 16.1. The van der Waals surface area contributed by atoms with Gasteiger partial charge < -0.3 is 20.7 Å². The van der Waals surface area contributed by atoms with E-state index in [-0.39, 0.29) is 23.7 Å². The Kier molecular flexibility index (Phi) is 7.43. The van der Waals surface area contributed by atoms with Crippen molar-refractivity contribution in [3.63, 3.8) is 0 Å². The van der Waals surface area contributed by atoms with E-state index >= 15 is 0 Å². The highest BCUT2D eigenvalue weighted by molar-refractivity contribution is 5.87. The number of hydrogen-bond acceptors (Lipinski definition) is 7. The Hall–Kier alpha value is -3.56. The van der Waals surface area contributed by atoms with Crippen LogP contribution in [0.15, 0.2) is 67.0 Å². The van der Waals surface area contributed by atoms with Gasteiger partial charge in [0, 0.05) is 31.0 Å². The van der Waals surface area contributed by atoms with Gasteiger partial charge in [-0.3, -0.25) is 9.69 Å². The number of benzene rings is 1. The maximum atomic E-state index is 14.3. The fourth-order valence-corrected chi connectivity index (χ4v) is 3.60. The quantitative estimate of drug-likeness (QED) is 0.533. The third-order valence-electron chi connectivity index (χ3n) is 5.31. The number of rotatable bonds is 8. The largest absolute Gasteiger partial charge is 0.379 e. The number of allylic oxidation sites excluding steroid dienone is 1. The molecular weight excluding hydrogens is 423 g/mol. The average molecular weight is 451 g/mol. The van der Waals surface area contributed by atoms with Crippen LogP contribution in [-0.2, 0) is 16.1 Å². The first-order valence-corrected chi connectivity index (χ1v) is 10.9. The molecule has 1 aromatic heterocycles. The Balaban J connectivity index is 1.39. The lowest BCUT2D eigenvalue weighted by Crippen LogP contribution is -2.35. The van der Waals surface area contributed by atoms with Crippen molar-refractivity contribution in [3.05, 3.63) is 78.4 Å². The Labute approximate surface area is 192 Å². The number of carbonyl (C=O) groups is 1. The monoisotopic (exact) mass is 450 g/mol. The van der Waals surface area contributed by atoms with Crippen LogP contribution in [0.2, 0.25) is 0 Å². The normalized spacial score (nSPS) is 18.3. The highest BCUT2D eigenvalue weighted by Crippen LogP contribution is 2.20. The molecule has 0 saturated carbocycles. The first kappa shape index (κ1) is 22.6. The Bertz CT molecular complexity index is 1050. The number of aromatic nitrogens is 2. The highest BCUT2D eigenvalue weighted by Gasteiger charge is 2.14. The van der Waals surface area contributed by atoms with Crippen LogP contribution in [0.5, 0.6) is 0 Å². The summed E-state index contributed by atoms with van der Waals surface area (Å²) >= 11 is 0. The maximum absolute atomic E-state index is 14.3. The number of amides is 1. The lowest BCUT2D eigenvalue weighted by molar-refractivity contribution is -0.116. The molecular formula is C24H27FN6O2. The van der Waals surface area contributed by atoms with Gasteiger partial charge in [-0.25, -0.2) is 9.37 Å². The van der Waals surface area contributed by atoms with Gasteiger partial charge in [0.15, 0.2) is 11.6 Å². The second-order valence-electron chi connectivity index (χ2n) is 7.80. The van der Waals surface area contributed by atoms with Gasteiger partial charge in [0.2, 0.25) is 11.9 Å². The van der Waals surface area contributed by atoms with Crippen molar-refractivity contribution >= 4 is 23.4 Å². The van der Waals surface area contributed by atoms with E-state index in [1.807, 2.05) is 30.4 Å². The van der Waals surface area contributed by atoms with Gasteiger partial charge in [-0.1, -0.05) is 24.8 Å². The van der Waals surface area contributed by atoms with Crippen LogP contribution >= 0.6 is 0 Å². The maximum Gasteiger partial charge on any atom is 0.243 e. The van der Waals surface area contributed by atoms with E-state index in [1.165, 1.54) is 11.6 Å². The van der Waals surface area contributed by atoms with Crippen LogP contribution in [0, 0.1) is 5.82 Å².